The van der Waals surface area contributed by atoms with Crippen LogP contribution in [0.15, 0.2) is 0 Å². The molecule has 6 nitrogen and oxygen atoms in total. The van der Waals surface area contributed by atoms with Crippen LogP contribution in [0.25, 0.3) is 0 Å². The summed E-state index contributed by atoms with van der Waals surface area (Å²) < 4.78 is 10.8. The van der Waals surface area contributed by atoms with Gasteiger partial charge in [-0.05, 0) is 12.8 Å². The third-order valence-corrected chi connectivity index (χ3v) is 4.58. The van der Waals surface area contributed by atoms with E-state index in [1.54, 1.807) is 0 Å². The second-order valence-corrected chi connectivity index (χ2v) is 5.53. The molecule has 0 aromatic heterocycles. The summed E-state index contributed by atoms with van der Waals surface area (Å²) in [6, 6.07) is 0.440. The molecule has 2 aliphatic rings. The SMILES string of the molecule is O=C(O)CCCC[C@@H]1SC[C@@H]2NC(=O)N[C@@H]21.[2H]O[2H]. The van der Waals surface area contributed by atoms with Crippen LogP contribution in [-0.4, -0.2) is 48.5 Å². The second kappa shape index (κ2) is 6.11. The number of hydrogen-bond donors (Lipinski definition) is 3. The number of rotatable bonds is 5. The van der Waals surface area contributed by atoms with Crippen LogP contribution in [0.4, 0.5) is 4.79 Å². The summed E-state index contributed by atoms with van der Waals surface area (Å²) in [7, 11) is 0. The third kappa shape index (κ3) is 3.50. The van der Waals surface area contributed by atoms with E-state index in [0.717, 1.165) is 25.0 Å². The number of aliphatic carboxylic acids is 1. The molecule has 2 aliphatic heterocycles. The lowest BCUT2D eigenvalue weighted by Gasteiger charge is -2.16. The first-order valence-corrected chi connectivity index (χ1v) is 6.62. The molecular formula is C10H18N2O4S. The summed E-state index contributed by atoms with van der Waals surface area (Å²) >= 11 is 1.87. The molecule has 98 valence electrons. The first kappa shape index (κ1) is 11.2. The number of urea groups is 1. The Bertz CT molecular complexity index is 322. The van der Waals surface area contributed by atoms with Crippen molar-refractivity contribution in [1.82, 2.24) is 10.6 Å². The number of unbranched alkanes of at least 4 members (excludes halogenated alkanes) is 1. The maximum atomic E-state index is 11.1. The number of carboxylic acid groups (broad SMARTS) is 1. The van der Waals surface area contributed by atoms with Gasteiger partial charge in [0.05, 0.1) is 12.1 Å². The number of nitrogens with one attached hydrogen (secondary N) is 2. The van der Waals surface area contributed by atoms with E-state index in [4.69, 9.17) is 7.97 Å². The van der Waals surface area contributed by atoms with Crippen LogP contribution in [0.3, 0.4) is 0 Å². The van der Waals surface area contributed by atoms with Gasteiger partial charge in [0.2, 0.25) is 2.86 Å². The average Bonchev–Trinajstić information content (AvgIpc) is 2.85. The molecule has 3 atom stereocenters. The molecule has 2 rings (SSSR count). The second-order valence-electron chi connectivity index (χ2n) is 4.26. The van der Waals surface area contributed by atoms with Gasteiger partial charge in [0.1, 0.15) is 0 Å². The lowest BCUT2D eigenvalue weighted by Crippen LogP contribution is -2.36. The van der Waals surface area contributed by atoms with E-state index in [0.29, 0.717) is 5.25 Å². The fourth-order valence-corrected chi connectivity index (χ4v) is 3.81. The number of fused-ring (bicyclic) bond motifs is 1. The number of carbonyl (C=O) groups is 2. The van der Waals surface area contributed by atoms with E-state index < -0.39 is 5.97 Å². The monoisotopic (exact) mass is 264 g/mol. The minimum Gasteiger partial charge on any atom is -0.481 e. The molecule has 0 unspecified atom stereocenters. The van der Waals surface area contributed by atoms with Gasteiger partial charge < -0.3 is 21.2 Å². The fourth-order valence-electron chi connectivity index (χ4n) is 2.26. The zero-order chi connectivity index (χ0) is 14.3. The van der Waals surface area contributed by atoms with Crippen molar-refractivity contribution in [3.63, 3.8) is 0 Å². The molecule has 2 saturated heterocycles. The Hall–Kier alpha value is -0.950. The van der Waals surface area contributed by atoms with Gasteiger partial charge >= 0.3 is 12.0 Å². The van der Waals surface area contributed by atoms with Gasteiger partial charge in [0, 0.05) is 17.4 Å². The first-order chi connectivity index (χ1) is 9.08. The van der Waals surface area contributed by atoms with Crippen LogP contribution in [0.5, 0.6) is 0 Å². The maximum absolute atomic E-state index is 11.1. The topological polar surface area (TPSA) is 110 Å². The van der Waals surface area contributed by atoms with E-state index in [2.05, 4.69) is 16.1 Å². The van der Waals surface area contributed by atoms with Gasteiger partial charge in [-0.1, -0.05) is 6.42 Å². The first-order valence-electron chi connectivity index (χ1n) is 6.39. The summed E-state index contributed by atoms with van der Waals surface area (Å²) in [6.07, 6.45) is 2.88. The molecule has 2 amide bonds. The van der Waals surface area contributed by atoms with E-state index in [9.17, 15) is 9.59 Å². The summed E-state index contributed by atoms with van der Waals surface area (Å²) in [5.74, 6) is 0.236. The lowest BCUT2D eigenvalue weighted by molar-refractivity contribution is -0.137. The number of carboxylic acids is 1. The molecule has 7 heteroatoms. The molecule has 0 bridgehead atoms. The van der Waals surface area contributed by atoms with E-state index in [1.165, 1.54) is 0 Å². The fraction of sp³-hybridized carbons (Fsp3) is 0.800. The molecule has 0 radical (unpaired) electrons. The molecule has 0 spiro atoms. The van der Waals surface area contributed by atoms with Gasteiger partial charge in [-0.25, -0.2) is 4.79 Å². The minimum absolute atomic E-state index is 0.0640. The van der Waals surface area contributed by atoms with Crippen LogP contribution in [0.1, 0.15) is 25.7 Å². The summed E-state index contributed by atoms with van der Waals surface area (Å²) in [5, 5.41) is 14.8. The van der Waals surface area contributed by atoms with Crippen LogP contribution in [0, 0.1) is 0 Å². The third-order valence-electron chi connectivity index (χ3n) is 3.07. The molecule has 5 N–H and O–H groups in total. The minimum atomic E-state index is -0.729. The van der Waals surface area contributed by atoms with Gasteiger partial charge in [-0.2, -0.15) is 11.8 Å². The van der Waals surface area contributed by atoms with E-state index in [1.807, 2.05) is 11.8 Å². The maximum Gasteiger partial charge on any atom is 0.315 e. The highest BCUT2D eigenvalue weighted by molar-refractivity contribution is 8.00. The van der Waals surface area contributed by atoms with E-state index in [-0.39, 0.29) is 24.5 Å². The standard InChI is InChI=1S/C10H16N2O3S.H2O/c13-8(14)4-2-1-3-7-9-6(5-16-7)11-10(15)12-9;/h6-7,9H,1-5H2,(H,13,14)(H2,11,12,15);1H2/t6-,7-,9-;/m0./s1/i/hD2. The highest BCUT2D eigenvalue weighted by atomic mass is 32.2. The predicted molar refractivity (Wildman–Crippen MR) is 65.2 cm³/mol. The molecule has 0 saturated carbocycles. The number of thioether (sulfide) groups is 1. The van der Waals surface area contributed by atoms with Crippen LogP contribution in [0.2, 0.25) is 0 Å². The van der Waals surface area contributed by atoms with Crippen LogP contribution in [-0.2, 0) is 4.79 Å². The molecule has 0 aliphatic carbocycles. The van der Waals surface area contributed by atoms with Gasteiger partial charge in [-0.3, -0.25) is 4.79 Å². The Kier molecular flexibility index (Phi) is 4.01. The summed E-state index contributed by atoms with van der Waals surface area (Å²) in [5.41, 5.74) is 2.75. The molecule has 0 aromatic carbocycles. The van der Waals surface area contributed by atoms with Crippen molar-refractivity contribution in [3.05, 3.63) is 0 Å². The molecule has 2 heterocycles. The normalized spacial score (nSPS) is 31.3. The zero-order valence-electron chi connectivity index (χ0n) is 11.3. The van der Waals surface area contributed by atoms with E-state index >= 15 is 0 Å². The van der Waals surface area contributed by atoms with Gasteiger partial charge in [0.15, 0.2) is 0 Å². The Morgan fingerprint density at radius 1 is 1.59 bits per heavy atom. The Morgan fingerprint density at radius 2 is 2.35 bits per heavy atom. The van der Waals surface area contributed by atoms with Crippen LogP contribution >= 0.6 is 11.8 Å². The van der Waals surface area contributed by atoms with Gasteiger partial charge in [0.25, 0.3) is 0 Å². The highest BCUT2D eigenvalue weighted by Crippen LogP contribution is 2.33. The summed E-state index contributed by atoms with van der Waals surface area (Å²) in [4.78, 5) is 21.5. The Morgan fingerprint density at radius 3 is 3.06 bits per heavy atom. The Balaban J connectivity index is 0.000000550. The predicted octanol–water partition coefficient (Wildman–Crippen LogP) is -0.0279. The van der Waals surface area contributed by atoms with Crippen molar-refractivity contribution in [2.75, 3.05) is 5.75 Å². The Labute approximate surface area is 107 Å². The van der Waals surface area contributed by atoms with Gasteiger partial charge in [-0.15, -0.1) is 0 Å². The van der Waals surface area contributed by atoms with Crippen molar-refractivity contribution in [3.8, 4) is 0 Å². The number of hydrogen-bond acceptors (Lipinski definition) is 3. The number of carbonyl (C=O) groups excluding carboxylic acids is 1. The average molecular weight is 264 g/mol. The zero-order valence-corrected chi connectivity index (χ0v) is 10.2. The highest BCUT2D eigenvalue weighted by Gasteiger charge is 2.42. The summed E-state index contributed by atoms with van der Waals surface area (Å²) in [6.45, 7) is 0. The number of amides is 2. The molecule has 17 heavy (non-hydrogen) atoms. The lowest BCUT2D eigenvalue weighted by atomic mass is 10.0. The quantitative estimate of drug-likeness (QED) is 0.478. The molecular weight excluding hydrogens is 244 g/mol. The van der Waals surface area contributed by atoms with Crippen molar-refractivity contribution in [2.45, 2.75) is 43.0 Å². The van der Waals surface area contributed by atoms with Crippen molar-refractivity contribution in [1.29, 1.82) is 2.86 Å². The molecule has 2 fully saturated rings. The molecule has 0 aromatic rings. The van der Waals surface area contributed by atoms with Crippen molar-refractivity contribution in [2.24, 2.45) is 0 Å². The largest absolute Gasteiger partial charge is 0.481 e. The van der Waals surface area contributed by atoms with Crippen molar-refractivity contribution < 1.29 is 20.2 Å². The van der Waals surface area contributed by atoms with Crippen molar-refractivity contribution >= 4 is 23.8 Å². The smallest absolute Gasteiger partial charge is 0.315 e. The van der Waals surface area contributed by atoms with Crippen LogP contribution < -0.4 is 10.6 Å².